The summed E-state index contributed by atoms with van der Waals surface area (Å²) in [6, 6.07) is 4.16. The van der Waals surface area contributed by atoms with E-state index in [0.29, 0.717) is 5.56 Å². The molecule has 0 radical (unpaired) electrons. The van der Waals surface area contributed by atoms with Crippen molar-refractivity contribution in [1.82, 2.24) is 10.2 Å². The molecule has 0 amide bonds. The van der Waals surface area contributed by atoms with Crippen LogP contribution in [-0.4, -0.2) is 31.6 Å². The second kappa shape index (κ2) is 4.90. The molecule has 1 fully saturated rings. The molecule has 0 bridgehead atoms. The standard InChI is InChI=1S/C13H17F3N2/c1-9-7-10(13(14,15)16)3-4-11(9)12-8-17-5-6-18(12)2/h3-4,7,12,17H,5-6,8H2,1-2H3. The van der Waals surface area contributed by atoms with E-state index in [2.05, 4.69) is 10.2 Å². The number of likely N-dealkylation sites (N-methyl/N-ethyl adjacent to an activating group) is 1. The van der Waals surface area contributed by atoms with Gasteiger partial charge in [0.15, 0.2) is 0 Å². The van der Waals surface area contributed by atoms with Crippen LogP contribution in [-0.2, 0) is 6.18 Å². The molecule has 1 unspecified atom stereocenters. The Hall–Kier alpha value is -1.07. The van der Waals surface area contributed by atoms with Crippen molar-refractivity contribution < 1.29 is 13.2 Å². The van der Waals surface area contributed by atoms with Gasteiger partial charge in [0.2, 0.25) is 0 Å². The molecule has 0 aromatic heterocycles. The van der Waals surface area contributed by atoms with Crippen molar-refractivity contribution in [2.45, 2.75) is 19.1 Å². The van der Waals surface area contributed by atoms with Gasteiger partial charge in [-0.15, -0.1) is 0 Å². The number of hydrogen-bond donors (Lipinski definition) is 1. The summed E-state index contributed by atoms with van der Waals surface area (Å²) in [5, 5.41) is 3.27. The quantitative estimate of drug-likeness (QED) is 0.833. The Morgan fingerprint density at radius 1 is 1.33 bits per heavy atom. The summed E-state index contributed by atoms with van der Waals surface area (Å²) in [5.74, 6) is 0. The molecule has 0 aliphatic carbocycles. The van der Waals surface area contributed by atoms with Crippen LogP contribution in [0.25, 0.3) is 0 Å². The maximum Gasteiger partial charge on any atom is 0.416 e. The molecule has 1 atom stereocenters. The van der Waals surface area contributed by atoms with Gasteiger partial charge < -0.3 is 5.32 Å². The lowest BCUT2D eigenvalue weighted by atomic mass is 9.96. The van der Waals surface area contributed by atoms with Crippen molar-refractivity contribution in [3.05, 3.63) is 34.9 Å². The van der Waals surface area contributed by atoms with Crippen molar-refractivity contribution in [1.29, 1.82) is 0 Å². The smallest absolute Gasteiger partial charge is 0.314 e. The molecule has 1 aliphatic heterocycles. The van der Waals surface area contributed by atoms with Gasteiger partial charge in [0, 0.05) is 25.7 Å². The zero-order valence-corrected chi connectivity index (χ0v) is 10.5. The fourth-order valence-electron chi connectivity index (χ4n) is 2.38. The van der Waals surface area contributed by atoms with Gasteiger partial charge >= 0.3 is 6.18 Å². The van der Waals surface area contributed by atoms with E-state index in [1.807, 2.05) is 7.05 Å². The Morgan fingerprint density at radius 3 is 2.61 bits per heavy atom. The number of rotatable bonds is 1. The van der Waals surface area contributed by atoms with Gasteiger partial charge in [-0.1, -0.05) is 6.07 Å². The Bertz CT molecular complexity index is 429. The lowest BCUT2D eigenvalue weighted by Crippen LogP contribution is -2.44. The number of hydrogen-bond acceptors (Lipinski definition) is 2. The van der Waals surface area contributed by atoms with Crippen molar-refractivity contribution >= 4 is 0 Å². The normalized spacial score (nSPS) is 22.2. The third-order valence-electron chi connectivity index (χ3n) is 3.47. The molecular formula is C13H17F3N2. The Kier molecular flexibility index (Phi) is 3.64. The maximum atomic E-state index is 12.6. The zero-order valence-electron chi connectivity index (χ0n) is 10.5. The fraction of sp³-hybridized carbons (Fsp3) is 0.538. The van der Waals surface area contributed by atoms with Gasteiger partial charge in [-0.25, -0.2) is 0 Å². The molecule has 18 heavy (non-hydrogen) atoms. The largest absolute Gasteiger partial charge is 0.416 e. The first-order chi connectivity index (χ1) is 8.39. The molecule has 2 rings (SSSR count). The number of aryl methyl sites for hydroxylation is 1. The zero-order chi connectivity index (χ0) is 13.3. The van der Waals surface area contributed by atoms with E-state index in [9.17, 15) is 13.2 Å². The number of alkyl halides is 3. The first kappa shape index (κ1) is 13.4. The third kappa shape index (κ3) is 2.67. The van der Waals surface area contributed by atoms with Crippen LogP contribution in [0.3, 0.4) is 0 Å². The summed E-state index contributed by atoms with van der Waals surface area (Å²) in [7, 11) is 2.00. The first-order valence-corrected chi connectivity index (χ1v) is 5.98. The van der Waals surface area contributed by atoms with E-state index in [0.717, 1.165) is 25.2 Å². The van der Waals surface area contributed by atoms with Gasteiger partial charge in [0.05, 0.1) is 5.56 Å². The Labute approximate surface area is 105 Å². The number of benzene rings is 1. The molecule has 2 nitrogen and oxygen atoms in total. The summed E-state index contributed by atoms with van der Waals surface area (Å²) < 4.78 is 37.8. The first-order valence-electron chi connectivity index (χ1n) is 5.98. The molecule has 1 aliphatic rings. The van der Waals surface area contributed by atoms with E-state index in [-0.39, 0.29) is 6.04 Å². The number of nitrogens with one attached hydrogen (secondary N) is 1. The summed E-state index contributed by atoms with van der Waals surface area (Å²) in [4.78, 5) is 2.17. The van der Waals surface area contributed by atoms with Gasteiger partial charge in [-0.05, 0) is 37.2 Å². The SMILES string of the molecule is Cc1cc(C(F)(F)F)ccc1C1CNCCN1C. The van der Waals surface area contributed by atoms with Crippen LogP contribution in [0.15, 0.2) is 18.2 Å². The summed E-state index contributed by atoms with van der Waals surface area (Å²) in [5.41, 5.74) is 1.10. The van der Waals surface area contributed by atoms with Gasteiger partial charge in [-0.2, -0.15) is 13.2 Å². The van der Waals surface area contributed by atoms with Gasteiger partial charge in [-0.3, -0.25) is 4.90 Å². The molecule has 0 spiro atoms. The molecule has 1 heterocycles. The molecular weight excluding hydrogens is 241 g/mol. The van der Waals surface area contributed by atoms with E-state index in [1.54, 1.807) is 13.0 Å². The second-order valence-electron chi connectivity index (χ2n) is 4.77. The highest BCUT2D eigenvalue weighted by Gasteiger charge is 2.31. The van der Waals surface area contributed by atoms with Crippen molar-refractivity contribution in [2.24, 2.45) is 0 Å². The topological polar surface area (TPSA) is 15.3 Å². The molecule has 1 aromatic rings. The third-order valence-corrected chi connectivity index (χ3v) is 3.47. The highest BCUT2D eigenvalue weighted by atomic mass is 19.4. The number of piperazine rings is 1. The van der Waals surface area contributed by atoms with Crippen LogP contribution in [0.2, 0.25) is 0 Å². The van der Waals surface area contributed by atoms with Crippen LogP contribution >= 0.6 is 0 Å². The van der Waals surface area contributed by atoms with E-state index >= 15 is 0 Å². The summed E-state index contributed by atoms with van der Waals surface area (Å²) in [6.07, 6.45) is -4.26. The highest BCUT2D eigenvalue weighted by molar-refractivity contribution is 5.35. The van der Waals surface area contributed by atoms with Gasteiger partial charge in [0.1, 0.15) is 0 Å². The molecule has 1 aromatic carbocycles. The minimum atomic E-state index is -4.26. The van der Waals surface area contributed by atoms with Crippen LogP contribution in [0.5, 0.6) is 0 Å². The minimum absolute atomic E-state index is 0.154. The molecule has 1 N–H and O–H groups in total. The predicted molar refractivity (Wildman–Crippen MR) is 64.4 cm³/mol. The number of halogens is 3. The Morgan fingerprint density at radius 2 is 2.06 bits per heavy atom. The fourth-order valence-corrected chi connectivity index (χ4v) is 2.38. The van der Waals surface area contributed by atoms with E-state index in [4.69, 9.17) is 0 Å². The maximum absolute atomic E-state index is 12.6. The van der Waals surface area contributed by atoms with Crippen LogP contribution in [0.1, 0.15) is 22.7 Å². The van der Waals surface area contributed by atoms with Crippen molar-refractivity contribution in [2.75, 3.05) is 26.7 Å². The van der Waals surface area contributed by atoms with Crippen LogP contribution < -0.4 is 5.32 Å². The molecule has 0 saturated carbocycles. The van der Waals surface area contributed by atoms with E-state index in [1.165, 1.54) is 12.1 Å². The second-order valence-corrected chi connectivity index (χ2v) is 4.77. The lowest BCUT2D eigenvalue weighted by molar-refractivity contribution is -0.137. The summed E-state index contributed by atoms with van der Waals surface area (Å²) >= 11 is 0. The van der Waals surface area contributed by atoms with Crippen LogP contribution in [0.4, 0.5) is 13.2 Å². The highest BCUT2D eigenvalue weighted by Crippen LogP contribution is 2.32. The minimum Gasteiger partial charge on any atom is -0.314 e. The Balaban J connectivity index is 2.29. The van der Waals surface area contributed by atoms with E-state index < -0.39 is 11.7 Å². The predicted octanol–water partition coefficient (Wildman–Crippen LogP) is 2.59. The average molecular weight is 258 g/mol. The monoisotopic (exact) mass is 258 g/mol. The lowest BCUT2D eigenvalue weighted by Gasteiger charge is -2.34. The molecule has 100 valence electrons. The molecule has 5 heteroatoms. The summed E-state index contributed by atoms with van der Waals surface area (Å²) in [6.45, 7) is 4.35. The average Bonchev–Trinajstić information content (AvgIpc) is 2.29. The van der Waals surface area contributed by atoms with Crippen molar-refractivity contribution in [3.63, 3.8) is 0 Å². The number of nitrogens with zero attached hydrogens (tertiary/aromatic N) is 1. The van der Waals surface area contributed by atoms with Gasteiger partial charge in [0.25, 0.3) is 0 Å². The molecule has 1 saturated heterocycles. The van der Waals surface area contributed by atoms with Crippen molar-refractivity contribution in [3.8, 4) is 0 Å². The van der Waals surface area contributed by atoms with Crippen LogP contribution in [0, 0.1) is 6.92 Å².